The summed E-state index contributed by atoms with van der Waals surface area (Å²) in [5.74, 6) is 1.91. The molecule has 90 valence electrons. The Morgan fingerprint density at radius 2 is 2.12 bits per heavy atom. The number of nitrogens with one attached hydrogen (secondary N) is 1. The molecular weight excluding hydrogens is 216 g/mol. The maximum atomic E-state index is 11.6. The van der Waals surface area contributed by atoms with E-state index in [1.54, 1.807) is 10.6 Å². The summed E-state index contributed by atoms with van der Waals surface area (Å²) in [7, 11) is 0. The first-order valence-electron chi connectivity index (χ1n) is 5.95. The van der Waals surface area contributed by atoms with Crippen molar-refractivity contribution in [1.82, 2.24) is 19.6 Å². The minimum absolute atomic E-state index is 0.114. The van der Waals surface area contributed by atoms with Crippen LogP contribution in [-0.4, -0.2) is 19.6 Å². The molecule has 3 rings (SSSR count). The first kappa shape index (κ1) is 10.5. The Labute approximate surface area is 98.9 Å². The first-order valence-corrected chi connectivity index (χ1v) is 5.95. The summed E-state index contributed by atoms with van der Waals surface area (Å²) in [4.78, 5) is 18.8. The van der Waals surface area contributed by atoms with Crippen LogP contribution in [0.2, 0.25) is 0 Å². The van der Waals surface area contributed by atoms with Gasteiger partial charge in [-0.05, 0) is 12.8 Å². The van der Waals surface area contributed by atoms with Gasteiger partial charge >= 0.3 is 0 Å². The summed E-state index contributed by atoms with van der Waals surface area (Å²) in [5, 5.41) is 4.52. The second-order valence-electron chi connectivity index (χ2n) is 5.75. The van der Waals surface area contributed by atoms with Crippen molar-refractivity contribution in [2.75, 3.05) is 0 Å². The molecule has 0 atom stereocenters. The number of fused-ring (bicyclic) bond motifs is 1. The number of hydrogen-bond acceptors (Lipinski definition) is 3. The Morgan fingerprint density at radius 1 is 1.41 bits per heavy atom. The fourth-order valence-electron chi connectivity index (χ4n) is 1.96. The highest BCUT2D eigenvalue weighted by atomic mass is 16.1. The molecule has 1 aliphatic rings. The van der Waals surface area contributed by atoms with E-state index in [1.165, 1.54) is 0 Å². The Morgan fingerprint density at radius 3 is 2.71 bits per heavy atom. The van der Waals surface area contributed by atoms with E-state index in [1.807, 2.05) is 0 Å². The average Bonchev–Trinajstić information content (AvgIpc) is 2.96. The van der Waals surface area contributed by atoms with E-state index in [-0.39, 0.29) is 11.0 Å². The van der Waals surface area contributed by atoms with Gasteiger partial charge in [0.25, 0.3) is 5.56 Å². The average molecular weight is 232 g/mol. The molecule has 0 aliphatic heterocycles. The van der Waals surface area contributed by atoms with Crippen molar-refractivity contribution in [3.8, 4) is 0 Å². The van der Waals surface area contributed by atoms with Crippen LogP contribution in [0.5, 0.6) is 0 Å². The van der Waals surface area contributed by atoms with E-state index in [2.05, 4.69) is 35.8 Å². The van der Waals surface area contributed by atoms with Crippen molar-refractivity contribution in [2.24, 2.45) is 0 Å². The molecule has 0 radical (unpaired) electrons. The van der Waals surface area contributed by atoms with Gasteiger partial charge in [-0.25, -0.2) is 4.52 Å². The maximum absolute atomic E-state index is 11.6. The maximum Gasteiger partial charge on any atom is 0.252 e. The minimum Gasteiger partial charge on any atom is -0.291 e. The van der Waals surface area contributed by atoms with E-state index < -0.39 is 0 Å². The van der Waals surface area contributed by atoms with Gasteiger partial charge in [-0.3, -0.25) is 9.78 Å². The molecule has 1 aliphatic carbocycles. The van der Waals surface area contributed by atoms with Gasteiger partial charge in [0.2, 0.25) is 5.78 Å². The molecule has 5 nitrogen and oxygen atoms in total. The summed E-state index contributed by atoms with van der Waals surface area (Å²) in [5.41, 5.74) is 0.661. The quantitative estimate of drug-likeness (QED) is 0.812. The van der Waals surface area contributed by atoms with Gasteiger partial charge in [0.15, 0.2) is 5.82 Å². The lowest BCUT2D eigenvalue weighted by Crippen LogP contribution is -2.22. The normalized spacial score (nSPS) is 16.6. The van der Waals surface area contributed by atoms with Gasteiger partial charge in [-0.2, -0.15) is 4.98 Å². The molecule has 0 aromatic carbocycles. The van der Waals surface area contributed by atoms with Crippen molar-refractivity contribution in [3.63, 3.8) is 0 Å². The van der Waals surface area contributed by atoms with Crippen LogP contribution < -0.4 is 5.56 Å². The van der Waals surface area contributed by atoms with Gasteiger partial charge in [-0.1, -0.05) is 20.8 Å². The standard InChI is InChI=1S/C12H16N4O/c1-12(2,3)8-6-9(17)13-11-14-10(7-4-5-7)15-16(8)11/h6-7H,4-5H2,1-3H3,(H,13,14,15,17). The molecule has 0 amide bonds. The predicted molar refractivity (Wildman–Crippen MR) is 64.3 cm³/mol. The Kier molecular flexibility index (Phi) is 1.97. The lowest BCUT2D eigenvalue weighted by molar-refractivity contribution is 0.544. The van der Waals surface area contributed by atoms with Crippen molar-refractivity contribution < 1.29 is 0 Å². The van der Waals surface area contributed by atoms with Crippen LogP contribution in [0.25, 0.3) is 5.78 Å². The summed E-state index contributed by atoms with van der Waals surface area (Å²) >= 11 is 0. The zero-order chi connectivity index (χ0) is 12.2. The van der Waals surface area contributed by atoms with Gasteiger partial charge in [0, 0.05) is 17.4 Å². The van der Waals surface area contributed by atoms with E-state index in [4.69, 9.17) is 0 Å². The molecule has 2 aromatic heterocycles. The molecule has 5 heteroatoms. The van der Waals surface area contributed by atoms with Gasteiger partial charge < -0.3 is 0 Å². The molecule has 1 saturated carbocycles. The molecule has 0 bridgehead atoms. The monoisotopic (exact) mass is 232 g/mol. The van der Waals surface area contributed by atoms with E-state index in [0.717, 1.165) is 24.4 Å². The summed E-state index contributed by atoms with van der Waals surface area (Å²) < 4.78 is 1.77. The van der Waals surface area contributed by atoms with Crippen LogP contribution in [0.3, 0.4) is 0 Å². The lowest BCUT2D eigenvalue weighted by atomic mass is 9.92. The Balaban J connectivity index is 2.29. The zero-order valence-electron chi connectivity index (χ0n) is 10.3. The van der Waals surface area contributed by atoms with Crippen molar-refractivity contribution in [2.45, 2.75) is 44.9 Å². The number of rotatable bonds is 1. The highest BCUT2D eigenvalue weighted by Crippen LogP contribution is 2.38. The lowest BCUT2D eigenvalue weighted by Gasteiger charge is -2.18. The summed E-state index contributed by atoms with van der Waals surface area (Å²) in [6, 6.07) is 1.61. The van der Waals surface area contributed by atoms with E-state index in [9.17, 15) is 4.79 Å². The number of aromatic nitrogens is 4. The SMILES string of the molecule is CC(C)(C)c1cc(=O)[nH]c2nc(C3CC3)nn12. The fourth-order valence-corrected chi connectivity index (χ4v) is 1.96. The Bertz CT molecular complexity index is 628. The molecule has 1 N–H and O–H groups in total. The fraction of sp³-hybridized carbons (Fsp3) is 0.583. The van der Waals surface area contributed by atoms with Gasteiger partial charge in [0.1, 0.15) is 0 Å². The van der Waals surface area contributed by atoms with Gasteiger partial charge in [0.05, 0.1) is 5.69 Å². The van der Waals surface area contributed by atoms with E-state index >= 15 is 0 Å². The van der Waals surface area contributed by atoms with Crippen LogP contribution in [-0.2, 0) is 5.41 Å². The van der Waals surface area contributed by atoms with Gasteiger partial charge in [-0.15, -0.1) is 5.10 Å². The summed E-state index contributed by atoms with van der Waals surface area (Å²) in [6.45, 7) is 6.21. The molecule has 2 aromatic rings. The largest absolute Gasteiger partial charge is 0.291 e. The molecule has 17 heavy (non-hydrogen) atoms. The number of aromatic amines is 1. The number of H-pyrrole nitrogens is 1. The Hall–Kier alpha value is -1.65. The predicted octanol–water partition coefficient (Wildman–Crippen LogP) is 1.59. The highest BCUT2D eigenvalue weighted by Gasteiger charge is 2.29. The van der Waals surface area contributed by atoms with Crippen LogP contribution in [0.4, 0.5) is 0 Å². The van der Waals surface area contributed by atoms with Crippen LogP contribution in [0.1, 0.15) is 51.0 Å². The second-order valence-corrected chi connectivity index (χ2v) is 5.75. The van der Waals surface area contributed by atoms with Crippen molar-refractivity contribution >= 4 is 5.78 Å². The molecule has 2 heterocycles. The van der Waals surface area contributed by atoms with Crippen LogP contribution >= 0.6 is 0 Å². The minimum atomic E-state index is -0.124. The van der Waals surface area contributed by atoms with Crippen molar-refractivity contribution in [1.29, 1.82) is 0 Å². The molecular formula is C12H16N4O. The first-order chi connectivity index (χ1) is 7.95. The van der Waals surface area contributed by atoms with Crippen molar-refractivity contribution in [3.05, 3.63) is 27.9 Å². The number of nitrogens with zero attached hydrogens (tertiary/aromatic N) is 3. The molecule has 0 unspecified atom stereocenters. The number of hydrogen-bond donors (Lipinski definition) is 1. The summed E-state index contributed by atoms with van der Waals surface area (Å²) in [6.07, 6.45) is 2.32. The topological polar surface area (TPSA) is 63.0 Å². The van der Waals surface area contributed by atoms with E-state index in [0.29, 0.717) is 11.7 Å². The van der Waals surface area contributed by atoms with Crippen LogP contribution in [0.15, 0.2) is 10.9 Å². The smallest absolute Gasteiger partial charge is 0.252 e. The third kappa shape index (κ3) is 1.75. The second kappa shape index (κ2) is 3.18. The van der Waals surface area contributed by atoms with Crippen LogP contribution in [0, 0.1) is 0 Å². The highest BCUT2D eigenvalue weighted by molar-refractivity contribution is 5.32. The third-order valence-electron chi connectivity index (χ3n) is 3.07. The third-order valence-corrected chi connectivity index (χ3v) is 3.07. The molecule has 0 spiro atoms. The molecule has 0 saturated heterocycles. The zero-order valence-corrected chi connectivity index (χ0v) is 10.3. The molecule has 1 fully saturated rings.